The van der Waals surface area contributed by atoms with E-state index in [0.29, 0.717) is 19.6 Å². The van der Waals surface area contributed by atoms with Crippen molar-refractivity contribution in [3.8, 4) is 0 Å². The Morgan fingerprint density at radius 3 is 2.40 bits per heavy atom. The predicted octanol–water partition coefficient (Wildman–Crippen LogP) is 4.23. The average Bonchev–Trinajstić information content (AvgIpc) is 2.83. The Hall–Kier alpha value is -3.79. The molecule has 1 aliphatic heterocycles. The van der Waals surface area contributed by atoms with Crippen LogP contribution >= 0.6 is 0 Å². The average molecular weight is 498 g/mol. The summed E-state index contributed by atoms with van der Waals surface area (Å²) < 4.78 is 39.2. The maximum atomic E-state index is 13.2. The second kappa shape index (κ2) is 9.46. The summed E-state index contributed by atoms with van der Waals surface area (Å²) in [5.41, 5.74) is 1.53. The lowest BCUT2D eigenvalue weighted by atomic mass is 10.1. The highest BCUT2D eigenvalue weighted by Crippen LogP contribution is 2.31. The summed E-state index contributed by atoms with van der Waals surface area (Å²) in [5, 5.41) is 11.7. The fraction of sp³-hybridized carbons (Fsp3) is 0.240. The largest absolute Gasteiger partial charge is 0.368 e. The van der Waals surface area contributed by atoms with Crippen molar-refractivity contribution in [2.75, 3.05) is 24.5 Å². The second-order valence-corrected chi connectivity index (χ2v) is 10.4. The number of sulfone groups is 1. The number of carbonyl (C=O) groups excluding carboxylic acids is 1. The molecule has 182 valence electrons. The Labute approximate surface area is 202 Å². The molecule has 0 bridgehead atoms. The minimum atomic E-state index is -4.29. The fourth-order valence-corrected chi connectivity index (χ4v) is 5.65. The van der Waals surface area contributed by atoms with Gasteiger partial charge in [0.05, 0.1) is 9.82 Å². The van der Waals surface area contributed by atoms with Crippen molar-refractivity contribution in [2.24, 2.45) is 0 Å². The molecule has 1 atom stereocenters. The molecule has 0 aromatic heterocycles. The van der Waals surface area contributed by atoms with E-state index in [9.17, 15) is 27.7 Å². The number of anilines is 1. The van der Waals surface area contributed by atoms with Gasteiger partial charge >= 0.3 is 0 Å². The number of nitro groups is 1. The monoisotopic (exact) mass is 497 g/mol. The number of piperazine rings is 1. The maximum Gasteiger partial charge on any atom is 0.289 e. The van der Waals surface area contributed by atoms with Crippen molar-refractivity contribution in [2.45, 2.75) is 29.7 Å². The molecule has 3 aromatic carbocycles. The number of hydrogen-bond donors (Lipinski definition) is 0. The Bertz CT molecular complexity index is 1390. The summed E-state index contributed by atoms with van der Waals surface area (Å²) in [7, 11) is -4.29. The maximum absolute atomic E-state index is 13.2. The minimum absolute atomic E-state index is 0.0330. The van der Waals surface area contributed by atoms with Crippen LogP contribution in [0.2, 0.25) is 0 Å². The van der Waals surface area contributed by atoms with Gasteiger partial charge in [0.15, 0.2) is 0 Å². The smallest absolute Gasteiger partial charge is 0.289 e. The quantitative estimate of drug-likeness (QED) is 0.297. The molecule has 0 N–H and O–H groups in total. The number of benzene rings is 3. The van der Waals surface area contributed by atoms with Crippen molar-refractivity contribution >= 4 is 27.1 Å². The number of halogens is 1. The number of nitrogens with zero attached hydrogens (tertiary/aromatic N) is 3. The minimum Gasteiger partial charge on any atom is -0.368 e. The predicted molar refractivity (Wildman–Crippen MR) is 129 cm³/mol. The van der Waals surface area contributed by atoms with Crippen LogP contribution < -0.4 is 4.90 Å². The van der Waals surface area contributed by atoms with Crippen molar-refractivity contribution in [3.05, 3.63) is 93.8 Å². The van der Waals surface area contributed by atoms with Crippen LogP contribution in [0.3, 0.4) is 0 Å². The van der Waals surface area contributed by atoms with Crippen LogP contribution in [0, 0.1) is 22.9 Å². The summed E-state index contributed by atoms with van der Waals surface area (Å²) in [6.07, 6.45) is 0. The van der Waals surface area contributed by atoms with E-state index in [1.54, 1.807) is 4.90 Å². The summed E-state index contributed by atoms with van der Waals surface area (Å²) >= 11 is 0. The van der Waals surface area contributed by atoms with Gasteiger partial charge in [0.2, 0.25) is 9.84 Å². The first kappa shape index (κ1) is 24.3. The topological polar surface area (TPSA) is 101 Å². The van der Waals surface area contributed by atoms with Crippen LogP contribution in [0.1, 0.15) is 22.8 Å². The van der Waals surface area contributed by atoms with Crippen molar-refractivity contribution in [1.82, 2.24) is 4.90 Å². The highest BCUT2D eigenvalue weighted by atomic mass is 32.2. The molecule has 0 spiro atoms. The third-order valence-electron chi connectivity index (χ3n) is 6.07. The van der Waals surface area contributed by atoms with Crippen LogP contribution in [0.5, 0.6) is 0 Å². The molecule has 1 heterocycles. The number of nitro benzene ring substituents is 1. The first-order valence-corrected chi connectivity index (χ1v) is 12.5. The summed E-state index contributed by atoms with van der Waals surface area (Å²) in [6, 6.07) is 15.3. The molecule has 1 fully saturated rings. The van der Waals surface area contributed by atoms with E-state index in [1.165, 1.54) is 6.07 Å². The van der Waals surface area contributed by atoms with Gasteiger partial charge in [0.25, 0.3) is 11.6 Å². The molecule has 1 aliphatic rings. The van der Waals surface area contributed by atoms with Gasteiger partial charge in [0, 0.05) is 43.0 Å². The standard InChI is InChI=1S/C25H24FN3O5S/c1-17-4-3-5-21(14-17)27-12-13-28(18(2)16-27)25(30)19-6-11-24(23(15-19)29(31)32)35(33,34)22-9-7-20(26)8-10-22/h3-11,14-15,18H,12-13,16H2,1-2H3/t18-/m1/s1. The number of aryl methyl sites for hydroxylation is 1. The molecule has 10 heteroatoms. The van der Waals surface area contributed by atoms with Gasteiger partial charge in [-0.3, -0.25) is 14.9 Å². The zero-order valence-corrected chi connectivity index (χ0v) is 20.0. The van der Waals surface area contributed by atoms with E-state index in [4.69, 9.17) is 0 Å². The Morgan fingerprint density at radius 1 is 1.06 bits per heavy atom. The summed E-state index contributed by atoms with van der Waals surface area (Å²) in [4.78, 5) is 27.2. The molecule has 0 unspecified atom stereocenters. The molecule has 35 heavy (non-hydrogen) atoms. The number of amides is 1. The Balaban J connectivity index is 1.60. The first-order chi connectivity index (χ1) is 16.6. The third-order valence-corrected chi connectivity index (χ3v) is 7.89. The van der Waals surface area contributed by atoms with E-state index in [2.05, 4.69) is 11.0 Å². The van der Waals surface area contributed by atoms with Crippen LogP contribution in [0.25, 0.3) is 0 Å². The zero-order chi connectivity index (χ0) is 25.3. The van der Waals surface area contributed by atoms with Gasteiger partial charge in [0.1, 0.15) is 10.7 Å². The first-order valence-electron chi connectivity index (χ1n) is 11.0. The molecule has 8 nitrogen and oxygen atoms in total. The van der Waals surface area contributed by atoms with Crippen LogP contribution in [0.4, 0.5) is 15.8 Å². The van der Waals surface area contributed by atoms with Gasteiger partial charge in [-0.05, 0) is 67.9 Å². The fourth-order valence-electron chi connectivity index (χ4n) is 4.25. The molecule has 4 rings (SSSR count). The number of hydrogen-bond acceptors (Lipinski definition) is 6. The Kier molecular flexibility index (Phi) is 6.58. The molecule has 3 aromatic rings. The molecular weight excluding hydrogens is 473 g/mol. The number of carbonyl (C=O) groups is 1. The van der Waals surface area contributed by atoms with Crippen molar-refractivity contribution in [3.63, 3.8) is 0 Å². The van der Waals surface area contributed by atoms with E-state index >= 15 is 0 Å². The highest BCUT2D eigenvalue weighted by molar-refractivity contribution is 7.91. The molecule has 1 amide bonds. The van der Waals surface area contributed by atoms with Gasteiger partial charge in [-0.1, -0.05) is 12.1 Å². The molecule has 1 saturated heterocycles. The zero-order valence-electron chi connectivity index (χ0n) is 19.2. The van der Waals surface area contributed by atoms with Crippen molar-refractivity contribution in [1.29, 1.82) is 0 Å². The molecule has 0 saturated carbocycles. The SMILES string of the molecule is Cc1cccc(N2CCN(C(=O)c3ccc(S(=O)(=O)c4ccc(F)cc4)c([N+](=O)[O-])c3)[C@H](C)C2)c1. The third kappa shape index (κ3) is 4.88. The lowest BCUT2D eigenvalue weighted by Gasteiger charge is -2.41. The van der Waals surface area contributed by atoms with E-state index in [-0.39, 0.29) is 16.5 Å². The van der Waals surface area contributed by atoms with Crippen molar-refractivity contribution < 1.29 is 22.5 Å². The van der Waals surface area contributed by atoms with Gasteiger partial charge < -0.3 is 9.80 Å². The number of rotatable bonds is 5. The summed E-state index contributed by atoms with van der Waals surface area (Å²) in [6.45, 7) is 5.52. The lowest BCUT2D eigenvalue weighted by molar-refractivity contribution is -0.387. The Morgan fingerprint density at radius 2 is 1.77 bits per heavy atom. The van der Waals surface area contributed by atoms with Crippen LogP contribution in [0.15, 0.2) is 76.5 Å². The second-order valence-electron chi connectivity index (χ2n) is 8.53. The van der Waals surface area contributed by atoms with E-state index < -0.39 is 37.1 Å². The lowest BCUT2D eigenvalue weighted by Crippen LogP contribution is -2.54. The van der Waals surface area contributed by atoms with Gasteiger partial charge in [-0.25, -0.2) is 12.8 Å². The highest BCUT2D eigenvalue weighted by Gasteiger charge is 2.32. The van der Waals surface area contributed by atoms with Gasteiger partial charge in [-0.2, -0.15) is 0 Å². The van der Waals surface area contributed by atoms with E-state index in [1.807, 2.05) is 32.0 Å². The van der Waals surface area contributed by atoms with Crippen LogP contribution in [-0.4, -0.2) is 49.8 Å². The molecule has 0 radical (unpaired) electrons. The molecular formula is C25H24FN3O5S. The normalized spacial score (nSPS) is 16.3. The van der Waals surface area contributed by atoms with Crippen LogP contribution in [-0.2, 0) is 9.84 Å². The summed E-state index contributed by atoms with van der Waals surface area (Å²) in [5.74, 6) is -1.04. The van der Waals surface area contributed by atoms with Gasteiger partial charge in [-0.15, -0.1) is 0 Å². The van der Waals surface area contributed by atoms with E-state index in [0.717, 1.165) is 47.6 Å². The molecule has 0 aliphatic carbocycles.